The van der Waals surface area contributed by atoms with Gasteiger partial charge in [-0.2, -0.15) is 5.11 Å². The van der Waals surface area contributed by atoms with E-state index < -0.39 is 11.9 Å². The van der Waals surface area contributed by atoms with Crippen molar-refractivity contribution in [3.8, 4) is 22.3 Å². The van der Waals surface area contributed by atoms with Crippen molar-refractivity contribution in [1.82, 2.24) is 0 Å². The van der Waals surface area contributed by atoms with Crippen molar-refractivity contribution in [1.29, 1.82) is 0 Å². The smallest absolute Gasteiger partial charge is 0.335 e. The van der Waals surface area contributed by atoms with Crippen LogP contribution in [0.3, 0.4) is 0 Å². The van der Waals surface area contributed by atoms with Crippen LogP contribution in [0.25, 0.3) is 22.3 Å². The normalized spacial score (nSPS) is 10.9. The molecule has 4 aromatic carbocycles. The van der Waals surface area contributed by atoms with Crippen LogP contribution in [-0.4, -0.2) is 22.2 Å². The Morgan fingerprint density at radius 2 is 1.12 bits per heavy atom. The molecule has 4 rings (SSSR count). The molecule has 0 amide bonds. The molecule has 0 saturated carbocycles. The highest BCUT2D eigenvalue weighted by molar-refractivity contribution is 5.90. The van der Waals surface area contributed by atoms with E-state index >= 15 is 0 Å². The second-order valence-electron chi connectivity index (χ2n) is 7.53. The lowest BCUT2D eigenvalue weighted by Gasteiger charge is -2.10. The van der Waals surface area contributed by atoms with Crippen molar-refractivity contribution < 1.29 is 19.8 Å². The monoisotopic (exact) mass is 436 g/mol. The largest absolute Gasteiger partial charge is 0.478 e. The summed E-state index contributed by atoms with van der Waals surface area (Å²) in [5, 5.41) is 27.2. The molecule has 0 aromatic heterocycles. The Hall–Kier alpha value is -4.58. The van der Waals surface area contributed by atoms with Gasteiger partial charge in [0.15, 0.2) is 0 Å². The summed E-state index contributed by atoms with van der Waals surface area (Å²) in [5.41, 5.74) is 6.18. The number of carboxylic acid groups (broad SMARTS) is 2. The average molecular weight is 436 g/mol. The van der Waals surface area contributed by atoms with Gasteiger partial charge in [0.2, 0.25) is 0 Å². The zero-order valence-electron chi connectivity index (χ0n) is 17.8. The number of aromatic carboxylic acids is 2. The Morgan fingerprint density at radius 3 is 1.67 bits per heavy atom. The average Bonchev–Trinajstić information content (AvgIpc) is 2.83. The van der Waals surface area contributed by atoms with Gasteiger partial charge in [-0.25, -0.2) is 9.59 Å². The van der Waals surface area contributed by atoms with Crippen molar-refractivity contribution in [2.45, 2.75) is 6.92 Å². The quantitative estimate of drug-likeness (QED) is 0.314. The van der Waals surface area contributed by atoms with Crippen molar-refractivity contribution in [2.75, 3.05) is 0 Å². The van der Waals surface area contributed by atoms with Crippen LogP contribution in [0.2, 0.25) is 0 Å². The van der Waals surface area contributed by atoms with Gasteiger partial charge in [0.1, 0.15) is 0 Å². The van der Waals surface area contributed by atoms with Gasteiger partial charge < -0.3 is 10.2 Å². The summed E-state index contributed by atoms with van der Waals surface area (Å²) in [7, 11) is 0. The lowest BCUT2D eigenvalue weighted by molar-refractivity contribution is 0.0686. The fraction of sp³-hybridized carbons (Fsp3) is 0.0370. The highest BCUT2D eigenvalue weighted by atomic mass is 16.4. The Balaban J connectivity index is 1.77. The van der Waals surface area contributed by atoms with E-state index in [1.165, 1.54) is 0 Å². The first-order chi connectivity index (χ1) is 15.9. The molecule has 2 N–H and O–H groups in total. The van der Waals surface area contributed by atoms with Crippen molar-refractivity contribution in [3.63, 3.8) is 0 Å². The highest BCUT2D eigenvalue weighted by Gasteiger charge is 2.10. The molecule has 0 aliphatic carbocycles. The second kappa shape index (κ2) is 9.28. The van der Waals surface area contributed by atoms with Crippen molar-refractivity contribution in [3.05, 3.63) is 108 Å². The summed E-state index contributed by atoms with van der Waals surface area (Å²) in [6, 6.07) is 26.6. The van der Waals surface area contributed by atoms with Crippen LogP contribution >= 0.6 is 0 Å². The van der Waals surface area contributed by atoms with Gasteiger partial charge in [0.25, 0.3) is 0 Å². The first-order valence-corrected chi connectivity index (χ1v) is 10.2. The molecule has 6 nitrogen and oxygen atoms in total. The van der Waals surface area contributed by atoms with E-state index in [2.05, 4.69) is 10.2 Å². The Morgan fingerprint density at radius 1 is 0.606 bits per heavy atom. The molecule has 0 aliphatic heterocycles. The number of nitrogens with zero attached hydrogens (tertiary/aromatic N) is 2. The summed E-state index contributed by atoms with van der Waals surface area (Å²) < 4.78 is 0. The topological polar surface area (TPSA) is 99.3 Å². The van der Waals surface area contributed by atoms with E-state index in [4.69, 9.17) is 5.11 Å². The Bertz CT molecular complexity index is 1340. The minimum Gasteiger partial charge on any atom is -0.478 e. The first-order valence-electron chi connectivity index (χ1n) is 10.2. The molecule has 162 valence electrons. The first kappa shape index (κ1) is 21.6. The summed E-state index contributed by atoms with van der Waals surface area (Å²) in [5.74, 6) is -1.96. The van der Waals surface area contributed by atoms with Crippen LogP contribution in [0.15, 0.2) is 101 Å². The molecule has 0 atom stereocenters. The number of rotatable bonds is 6. The van der Waals surface area contributed by atoms with Gasteiger partial charge in [-0.3, -0.25) is 0 Å². The number of hydrogen-bond acceptors (Lipinski definition) is 4. The number of benzene rings is 4. The summed E-state index contributed by atoms with van der Waals surface area (Å²) in [6.07, 6.45) is 0. The predicted octanol–water partition coefficient (Wildman–Crippen LogP) is 7.14. The molecule has 0 radical (unpaired) electrons. The Kier molecular flexibility index (Phi) is 6.09. The molecule has 0 spiro atoms. The lowest BCUT2D eigenvalue weighted by atomic mass is 9.97. The number of aryl methyl sites for hydroxylation is 1. The molecule has 0 fully saturated rings. The summed E-state index contributed by atoms with van der Waals surface area (Å²) in [6.45, 7) is 2.00. The fourth-order valence-corrected chi connectivity index (χ4v) is 3.36. The van der Waals surface area contributed by atoms with Gasteiger partial charge in [-0.15, -0.1) is 5.11 Å². The minimum atomic E-state index is -0.985. The van der Waals surface area contributed by atoms with E-state index in [1.807, 2.05) is 49.4 Å². The maximum Gasteiger partial charge on any atom is 0.335 e. The standard InChI is InChI=1S/C27H20N2O4/c1-17-2-13-23(14-3-17)28-29-25-16-22(18-4-8-20(9-5-18)26(30)31)12-15-24(25)19-6-10-21(11-7-19)27(32)33/h2-16H,1H3,(H,30,31)(H,32,33). The van der Waals surface area contributed by atoms with E-state index in [0.717, 1.165) is 27.8 Å². The van der Waals surface area contributed by atoms with Crippen molar-refractivity contribution >= 4 is 23.3 Å². The molecule has 0 aliphatic rings. The SMILES string of the molecule is Cc1ccc(N=Nc2cc(-c3ccc(C(=O)O)cc3)ccc2-c2ccc(C(=O)O)cc2)cc1. The third kappa shape index (κ3) is 5.02. The zero-order chi connectivity index (χ0) is 23.4. The van der Waals surface area contributed by atoms with Gasteiger partial charge in [-0.1, -0.05) is 54.1 Å². The van der Waals surface area contributed by atoms with E-state index in [-0.39, 0.29) is 11.1 Å². The fourth-order valence-electron chi connectivity index (χ4n) is 3.36. The molecule has 0 bridgehead atoms. The summed E-state index contributed by atoms with van der Waals surface area (Å²) >= 11 is 0. The third-order valence-electron chi connectivity index (χ3n) is 5.21. The van der Waals surface area contributed by atoms with Gasteiger partial charge >= 0.3 is 11.9 Å². The molecule has 4 aromatic rings. The molecular formula is C27H20N2O4. The van der Waals surface area contributed by atoms with Gasteiger partial charge in [-0.05, 0) is 66.1 Å². The number of carboxylic acids is 2. The minimum absolute atomic E-state index is 0.205. The second-order valence-corrected chi connectivity index (χ2v) is 7.53. The van der Waals surface area contributed by atoms with Crippen LogP contribution in [0.5, 0.6) is 0 Å². The lowest BCUT2D eigenvalue weighted by Crippen LogP contribution is -1.95. The van der Waals surface area contributed by atoms with E-state index in [9.17, 15) is 14.7 Å². The highest BCUT2D eigenvalue weighted by Crippen LogP contribution is 2.36. The van der Waals surface area contributed by atoms with Crippen LogP contribution < -0.4 is 0 Å². The van der Waals surface area contributed by atoms with Gasteiger partial charge in [0.05, 0.1) is 22.5 Å². The molecule has 6 heteroatoms. The number of hydrogen-bond donors (Lipinski definition) is 2. The van der Waals surface area contributed by atoms with E-state index in [0.29, 0.717) is 11.4 Å². The zero-order valence-corrected chi connectivity index (χ0v) is 17.8. The number of azo groups is 1. The van der Waals surface area contributed by atoms with Crippen LogP contribution in [0, 0.1) is 6.92 Å². The summed E-state index contributed by atoms with van der Waals surface area (Å²) in [4.78, 5) is 22.3. The number of carbonyl (C=O) groups is 2. The Labute approximate surface area is 190 Å². The molecule has 0 saturated heterocycles. The maximum absolute atomic E-state index is 11.2. The van der Waals surface area contributed by atoms with Crippen LogP contribution in [0.4, 0.5) is 11.4 Å². The van der Waals surface area contributed by atoms with Crippen LogP contribution in [-0.2, 0) is 0 Å². The predicted molar refractivity (Wildman–Crippen MR) is 127 cm³/mol. The molecular weight excluding hydrogens is 416 g/mol. The molecule has 0 heterocycles. The maximum atomic E-state index is 11.2. The van der Waals surface area contributed by atoms with E-state index in [1.54, 1.807) is 48.5 Å². The molecule has 0 unspecified atom stereocenters. The van der Waals surface area contributed by atoms with Crippen LogP contribution in [0.1, 0.15) is 26.3 Å². The van der Waals surface area contributed by atoms with Crippen molar-refractivity contribution in [2.24, 2.45) is 10.2 Å². The third-order valence-corrected chi connectivity index (χ3v) is 5.21. The van der Waals surface area contributed by atoms with Gasteiger partial charge in [0, 0.05) is 5.56 Å². The molecule has 33 heavy (non-hydrogen) atoms.